The summed E-state index contributed by atoms with van der Waals surface area (Å²) in [5.41, 5.74) is 2.15. The second kappa shape index (κ2) is 7.56. The fourth-order valence-electron chi connectivity index (χ4n) is 1.93. The van der Waals surface area contributed by atoms with E-state index in [0.29, 0.717) is 6.61 Å². The van der Waals surface area contributed by atoms with Crippen LogP contribution in [0.5, 0.6) is 0 Å². The van der Waals surface area contributed by atoms with Crippen LogP contribution in [0.1, 0.15) is 25.8 Å². The van der Waals surface area contributed by atoms with Crippen LogP contribution < -0.4 is 4.90 Å². The first-order valence-electron chi connectivity index (χ1n) is 6.56. The van der Waals surface area contributed by atoms with Crippen LogP contribution in [-0.4, -0.2) is 31.4 Å². The fourth-order valence-corrected chi connectivity index (χ4v) is 1.93. The SMILES string of the molecule is CCOC(=O)CC(=O)CN(CC)c1ccccc1C. The van der Waals surface area contributed by atoms with Crippen LogP contribution >= 0.6 is 0 Å². The first kappa shape index (κ1) is 15.2. The first-order valence-corrected chi connectivity index (χ1v) is 6.56. The number of aryl methyl sites for hydroxylation is 1. The van der Waals surface area contributed by atoms with Crippen molar-refractivity contribution in [2.24, 2.45) is 0 Å². The van der Waals surface area contributed by atoms with Crippen molar-refractivity contribution < 1.29 is 14.3 Å². The van der Waals surface area contributed by atoms with Gasteiger partial charge in [-0.25, -0.2) is 0 Å². The van der Waals surface area contributed by atoms with Crippen molar-refractivity contribution in [1.82, 2.24) is 0 Å². The lowest BCUT2D eigenvalue weighted by Crippen LogP contribution is -2.31. The van der Waals surface area contributed by atoms with Crippen molar-refractivity contribution >= 4 is 17.4 Å². The summed E-state index contributed by atoms with van der Waals surface area (Å²) in [4.78, 5) is 25.1. The molecule has 0 amide bonds. The van der Waals surface area contributed by atoms with Crippen LogP contribution in [-0.2, 0) is 14.3 Å². The number of para-hydroxylation sites is 1. The fraction of sp³-hybridized carbons (Fsp3) is 0.467. The van der Waals surface area contributed by atoms with Crippen LogP contribution in [0.3, 0.4) is 0 Å². The number of anilines is 1. The molecule has 1 rings (SSSR count). The van der Waals surface area contributed by atoms with E-state index in [-0.39, 0.29) is 18.7 Å². The lowest BCUT2D eigenvalue weighted by atomic mass is 10.1. The van der Waals surface area contributed by atoms with E-state index in [1.807, 2.05) is 43.0 Å². The van der Waals surface area contributed by atoms with Crippen molar-refractivity contribution in [3.8, 4) is 0 Å². The Bertz CT molecular complexity index is 443. The van der Waals surface area contributed by atoms with Gasteiger partial charge in [0.2, 0.25) is 0 Å². The first-order chi connectivity index (χ1) is 9.08. The number of hydrogen-bond acceptors (Lipinski definition) is 4. The summed E-state index contributed by atoms with van der Waals surface area (Å²) in [7, 11) is 0. The van der Waals surface area contributed by atoms with Crippen LogP contribution in [0.25, 0.3) is 0 Å². The molecule has 0 aliphatic rings. The van der Waals surface area contributed by atoms with Crippen LogP contribution in [0.15, 0.2) is 24.3 Å². The molecular formula is C15H21NO3. The normalized spacial score (nSPS) is 10.1. The highest BCUT2D eigenvalue weighted by Crippen LogP contribution is 2.18. The lowest BCUT2D eigenvalue weighted by Gasteiger charge is -2.24. The molecule has 1 aromatic rings. The molecule has 1 aromatic carbocycles. The van der Waals surface area contributed by atoms with E-state index in [1.165, 1.54) is 0 Å². The van der Waals surface area contributed by atoms with Crippen LogP contribution in [0.2, 0.25) is 0 Å². The molecule has 4 heteroatoms. The Hall–Kier alpha value is -1.84. The topological polar surface area (TPSA) is 46.6 Å². The molecule has 0 unspecified atom stereocenters. The van der Waals surface area contributed by atoms with E-state index in [0.717, 1.165) is 17.8 Å². The molecule has 0 spiro atoms. The maximum absolute atomic E-state index is 11.8. The molecule has 0 aromatic heterocycles. The van der Waals surface area contributed by atoms with Gasteiger partial charge >= 0.3 is 5.97 Å². The Kier molecular flexibility index (Phi) is 6.06. The Morgan fingerprint density at radius 3 is 2.47 bits per heavy atom. The second-order valence-electron chi connectivity index (χ2n) is 4.32. The number of esters is 1. The van der Waals surface area contributed by atoms with Gasteiger partial charge in [-0.05, 0) is 32.4 Å². The third-order valence-corrected chi connectivity index (χ3v) is 2.85. The number of Topliss-reactive ketones (excluding diaryl/α,β-unsaturated/α-hetero) is 1. The monoisotopic (exact) mass is 263 g/mol. The second-order valence-corrected chi connectivity index (χ2v) is 4.32. The Morgan fingerprint density at radius 1 is 1.21 bits per heavy atom. The van der Waals surface area contributed by atoms with E-state index in [2.05, 4.69) is 0 Å². The number of hydrogen-bond donors (Lipinski definition) is 0. The van der Waals surface area contributed by atoms with E-state index >= 15 is 0 Å². The lowest BCUT2D eigenvalue weighted by molar-refractivity contribution is -0.145. The summed E-state index contributed by atoms with van der Waals surface area (Å²) in [5.74, 6) is -0.572. The molecule has 0 bridgehead atoms. The molecule has 0 fully saturated rings. The number of likely N-dealkylation sites (N-methyl/N-ethyl adjacent to an activating group) is 1. The number of benzene rings is 1. The molecule has 0 aliphatic heterocycles. The van der Waals surface area contributed by atoms with Gasteiger partial charge in [-0.15, -0.1) is 0 Å². The van der Waals surface area contributed by atoms with E-state index in [9.17, 15) is 9.59 Å². The number of rotatable bonds is 7. The molecule has 4 nitrogen and oxygen atoms in total. The van der Waals surface area contributed by atoms with Gasteiger partial charge in [0.25, 0.3) is 0 Å². The Labute approximate surface area is 114 Å². The summed E-state index contributed by atoms with van der Waals surface area (Å²) in [6, 6.07) is 7.90. The summed E-state index contributed by atoms with van der Waals surface area (Å²) < 4.78 is 4.78. The van der Waals surface area contributed by atoms with E-state index < -0.39 is 5.97 Å². The van der Waals surface area contributed by atoms with Crippen molar-refractivity contribution in [2.45, 2.75) is 27.2 Å². The smallest absolute Gasteiger partial charge is 0.313 e. The minimum atomic E-state index is -0.451. The van der Waals surface area contributed by atoms with Gasteiger partial charge < -0.3 is 9.64 Å². The number of nitrogens with zero attached hydrogens (tertiary/aromatic N) is 1. The molecule has 0 saturated heterocycles. The predicted molar refractivity (Wildman–Crippen MR) is 75.3 cm³/mol. The number of ketones is 1. The molecule has 19 heavy (non-hydrogen) atoms. The summed E-state index contributed by atoms with van der Waals surface area (Å²) in [6.45, 7) is 6.99. The third kappa shape index (κ3) is 4.73. The Morgan fingerprint density at radius 2 is 1.89 bits per heavy atom. The third-order valence-electron chi connectivity index (χ3n) is 2.85. The minimum absolute atomic E-state index is 0.122. The average molecular weight is 263 g/mol. The predicted octanol–water partition coefficient (Wildman–Crippen LogP) is 2.34. The molecule has 0 atom stereocenters. The van der Waals surface area contributed by atoms with Crippen molar-refractivity contribution in [3.63, 3.8) is 0 Å². The molecule has 0 aliphatic carbocycles. The van der Waals surface area contributed by atoms with Gasteiger partial charge in [0.05, 0.1) is 13.2 Å². The van der Waals surface area contributed by atoms with E-state index in [1.54, 1.807) is 6.92 Å². The summed E-state index contributed by atoms with van der Waals surface area (Å²) >= 11 is 0. The minimum Gasteiger partial charge on any atom is -0.466 e. The van der Waals surface area contributed by atoms with E-state index in [4.69, 9.17) is 4.74 Å². The molecule has 0 heterocycles. The molecule has 0 saturated carbocycles. The zero-order chi connectivity index (χ0) is 14.3. The van der Waals surface area contributed by atoms with Gasteiger partial charge in [0.1, 0.15) is 6.42 Å². The number of carbonyl (C=O) groups is 2. The summed E-state index contributed by atoms with van der Waals surface area (Å²) in [6.07, 6.45) is -0.157. The van der Waals surface area contributed by atoms with Crippen molar-refractivity contribution in [1.29, 1.82) is 0 Å². The maximum Gasteiger partial charge on any atom is 0.313 e. The zero-order valence-corrected chi connectivity index (χ0v) is 11.8. The highest BCUT2D eigenvalue weighted by molar-refractivity contribution is 5.97. The van der Waals surface area contributed by atoms with Crippen molar-refractivity contribution in [2.75, 3.05) is 24.6 Å². The standard InChI is InChI=1S/C15H21NO3/c1-4-16(14-9-7-6-8-12(14)3)11-13(17)10-15(18)19-5-2/h6-9H,4-5,10-11H2,1-3H3. The Balaban J connectivity index is 2.65. The van der Waals surface area contributed by atoms with Gasteiger partial charge in [-0.1, -0.05) is 18.2 Å². The highest BCUT2D eigenvalue weighted by Gasteiger charge is 2.15. The average Bonchev–Trinajstić information content (AvgIpc) is 2.37. The number of carbonyl (C=O) groups excluding carboxylic acids is 2. The summed E-state index contributed by atoms with van der Waals surface area (Å²) in [5, 5.41) is 0. The highest BCUT2D eigenvalue weighted by atomic mass is 16.5. The largest absolute Gasteiger partial charge is 0.466 e. The molecule has 0 N–H and O–H groups in total. The van der Waals surface area contributed by atoms with Crippen LogP contribution in [0, 0.1) is 6.92 Å². The quantitative estimate of drug-likeness (QED) is 0.559. The van der Waals surface area contributed by atoms with Gasteiger partial charge in [0, 0.05) is 12.2 Å². The molecule has 0 radical (unpaired) electrons. The maximum atomic E-state index is 11.8. The molecular weight excluding hydrogens is 242 g/mol. The van der Waals surface area contributed by atoms with Gasteiger partial charge in [-0.3, -0.25) is 9.59 Å². The zero-order valence-electron chi connectivity index (χ0n) is 11.8. The number of ether oxygens (including phenoxy) is 1. The van der Waals surface area contributed by atoms with Crippen molar-refractivity contribution in [3.05, 3.63) is 29.8 Å². The van der Waals surface area contributed by atoms with Gasteiger partial charge in [-0.2, -0.15) is 0 Å². The van der Waals surface area contributed by atoms with Gasteiger partial charge in [0.15, 0.2) is 5.78 Å². The molecule has 104 valence electrons. The van der Waals surface area contributed by atoms with Crippen LogP contribution in [0.4, 0.5) is 5.69 Å².